The molecule has 2 N–H and O–H groups in total. The van der Waals surface area contributed by atoms with Crippen LogP contribution < -0.4 is 0 Å². The third-order valence-electron chi connectivity index (χ3n) is 1.97. The van der Waals surface area contributed by atoms with Gasteiger partial charge in [0.1, 0.15) is 0 Å². The van der Waals surface area contributed by atoms with Crippen molar-refractivity contribution in [3.05, 3.63) is 28.4 Å². The topological polar surface area (TPSA) is 48.9 Å². The van der Waals surface area contributed by atoms with E-state index in [1.807, 2.05) is 18.2 Å². The van der Waals surface area contributed by atoms with Crippen LogP contribution in [0.2, 0.25) is 0 Å². The molecule has 1 aromatic carbocycles. The normalized spacial score (nSPS) is 10.9. The van der Waals surface area contributed by atoms with Gasteiger partial charge in [-0.05, 0) is 12.1 Å². The lowest BCUT2D eigenvalue weighted by Crippen LogP contribution is -1.91. The highest BCUT2D eigenvalue weighted by Gasteiger charge is 2.06. The molecule has 0 aliphatic rings. The van der Waals surface area contributed by atoms with E-state index in [9.17, 15) is 0 Å². The van der Waals surface area contributed by atoms with E-state index in [4.69, 9.17) is 5.11 Å². The van der Waals surface area contributed by atoms with E-state index in [1.165, 1.54) is 0 Å². The quantitative estimate of drug-likeness (QED) is 0.843. The van der Waals surface area contributed by atoms with Crippen molar-refractivity contribution in [3.63, 3.8) is 0 Å². The lowest BCUT2D eigenvalue weighted by molar-refractivity contribution is 0.298. The van der Waals surface area contributed by atoms with Crippen molar-refractivity contribution in [2.45, 2.75) is 6.42 Å². The summed E-state index contributed by atoms with van der Waals surface area (Å²) in [6.45, 7) is 0.138. The Morgan fingerprint density at radius 1 is 1.46 bits per heavy atom. The molecule has 0 aliphatic heterocycles. The Hall–Kier alpha value is -0.870. The van der Waals surface area contributed by atoms with Gasteiger partial charge in [0.15, 0.2) is 0 Å². The first kappa shape index (κ1) is 8.72. The van der Waals surface area contributed by atoms with Crippen LogP contribution in [0.25, 0.3) is 10.9 Å². The van der Waals surface area contributed by atoms with Gasteiger partial charge in [0.2, 0.25) is 0 Å². The van der Waals surface area contributed by atoms with Gasteiger partial charge in [-0.15, -0.1) is 0 Å². The number of hydrogen-bond acceptors (Lipinski definition) is 2. The number of rotatable bonds is 2. The number of benzene rings is 1. The molecule has 0 saturated heterocycles. The molecule has 68 valence electrons. The SMILES string of the molecule is OCCc1[nH]nc2cccc(Br)c12. The molecule has 0 atom stereocenters. The maximum Gasteiger partial charge on any atom is 0.0935 e. The fourth-order valence-electron chi connectivity index (χ4n) is 1.38. The zero-order valence-corrected chi connectivity index (χ0v) is 8.50. The number of aliphatic hydroxyl groups excluding tert-OH is 1. The maximum absolute atomic E-state index is 8.83. The highest BCUT2D eigenvalue weighted by atomic mass is 79.9. The number of nitrogens with one attached hydrogen (secondary N) is 1. The minimum Gasteiger partial charge on any atom is -0.396 e. The summed E-state index contributed by atoms with van der Waals surface area (Å²) in [6.07, 6.45) is 0.610. The second-order valence-electron chi connectivity index (χ2n) is 2.81. The summed E-state index contributed by atoms with van der Waals surface area (Å²) in [7, 11) is 0. The zero-order valence-electron chi connectivity index (χ0n) is 6.92. The maximum atomic E-state index is 8.83. The molecule has 0 unspecified atom stereocenters. The van der Waals surface area contributed by atoms with Crippen LogP contribution in [0.1, 0.15) is 5.69 Å². The standard InChI is InChI=1S/C9H9BrN2O/c10-6-2-1-3-7-9(6)8(4-5-13)12-11-7/h1-3,13H,4-5H2,(H,11,12). The molecule has 13 heavy (non-hydrogen) atoms. The first-order valence-electron chi connectivity index (χ1n) is 4.05. The van der Waals surface area contributed by atoms with E-state index in [-0.39, 0.29) is 6.61 Å². The van der Waals surface area contributed by atoms with Gasteiger partial charge in [-0.3, -0.25) is 5.10 Å². The summed E-state index contributed by atoms with van der Waals surface area (Å²) in [5.41, 5.74) is 1.91. The van der Waals surface area contributed by atoms with Crippen LogP contribution >= 0.6 is 15.9 Å². The van der Waals surface area contributed by atoms with Crippen LogP contribution in [0.15, 0.2) is 22.7 Å². The number of aromatic amines is 1. The van der Waals surface area contributed by atoms with Gasteiger partial charge in [0.05, 0.1) is 5.52 Å². The Balaban J connectivity index is 2.64. The molecule has 0 saturated carbocycles. The Morgan fingerprint density at radius 2 is 2.31 bits per heavy atom. The first-order chi connectivity index (χ1) is 6.33. The average Bonchev–Trinajstić information content (AvgIpc) is 2.51. The number of aromatic nitrogens is 2. The van der Waals surface area contributed by atoms with Crippen LogP contribution in [0.5, 0.6) is 0 Å². The molecule has 2 aromatic rings. The lowest BCUT2D eigenvalue weighted by Gasteiger charge is -1.96. The molecule has 0 amide bonds. The summed E-state index contributed by atoms with van der Waals surface area (Å²) in [5, 5.41) is 16.9. The van der Waals surface area contributed by atoms with Crippen LogP contribution in [0, 0.1) is 0 Å². The smallest absolute Gasteiger partial charge is 0.0935 e. The van der Waals surface area contributed by atoms with E-state index < -0.39 is 0 Å². The molecule has 0 bridgehead atoms. The van der Waals surface area contributed by atoms with E-state index >= 15 is 0 Å². The van der Waals surface area contributed by atoms with Crippen LogP contribution in [-0.2, 0) is 6.42 Å². The van der Waals surface area contributed by atoms with E-state index in [0.29, 0.717) is 6.42 Å². The molecule has 0 aliphatic carbocycles. The molecule has 1 heterocycles. The van der Waals surface area contributed by atoms with Crippen LogP contribution in [0.3, 0.4) is 0 Å². The van der Waals surface area contributed by atoms with Gasteiger partial charge in [-0.25, -0.2) is 0 Å². The summed E-state index contributed by atoms with van der Waals surface area (Å²) in [6, 6.07) is 5.85. The third kappa shape index (κ3) is 1.47. The minimum absolute atomic E-state index is 0.138. The average molecular weight is 241 g/mol. The number of H-pyrrole nitrogens is 1. The molecule has 0 radical (unpaired) electrons. The fraction of sp³-hybridized carbons (Fsp3) is 0.222. The van der Waals surface area contributed by atoms with Gasteiger partial charge in [-0.1, -0.05) is 22.0 Å². The molecular formula is C9H9BrN2O. The van der Waals surface area contributed by atoms with Crippen molar-refractivity contribution in [2.24, 2.45) is 0 Å². The predicted octanol–water partition coefficient (Wildman–Crippen LogP) is 1.86. The Kier molecular flexibility index (Phi) is 2.33. The van der Waals surface area contributed by atoms with Crippen molar-refractivity contribution in [1.29, 1.82) is 0 Å². The highest BCUT2D eigenvalue weighted by Crippen LogP contribution is 2.25. The number of halogens is 1. The van der Waals surface area contributed by atoms with E-state index in [1.54, 1.807) is 0 Å². The van der Waals surface area contributed by atoms with Crippen LogP contribution in [0.4, 0.5) is 0 Å². The van der Waals surface area contributed by atoms with Crippen LogP contribution in [-0.4, -0.2) is 21.9 Å². The summed E-state index contributed by atoms with van der Waals surface area (Å²) in [5.74, 6) is 0. The largest absolute Gasteiger partial charge is 0.396 e. The van der Waals surface area contributed by atoms with Crippen molar-refractivity contribution in [2.75, 3.05) is 6.61 Å². The molecular weight excluding hydrogens is 232 g/mol. The lowest BCUT2D eigenvalue weighted by atomic mass is 10.2. The number of fused-ring (bicyclic) bond motifs is 1. The predicted molar refractivity (Wildman–Crippen MR) is 54.6 cm³/mol. The molecule has 1 aromatic heterocycles. The summed E-state index contributed by atoms with van der Waals surface area (Å²) >= 11 is 3.46. The van der Waals surface area contributed by atoms with E-state index in [2.05, 4.69) is 26.1 Å². The monoisotopic (exact) mass is 240 g/mol. The first-order valence-corrected chi connectivity index (χ1v) is 4.84. The number of aliphatic hydroxyl groups is 1. The summed E-state index contributed by atoms with van der Waals surface area (Å²) in [4.78, 5) is 0. The third-order valence-corrected chi connectivity index (χ3v) is 2.63. The van der Waals surface area contributed by atoms with Gasteiger partial charge in [0.25, 0.3) is 0 Å². The van der Waals surface area contributed by atoms with Crippen molar-refractivity contribution < 1.29 is 5.11 Å². The molecule has 2 rings (SSSR count). The second-order valence-corrected chi connectivity index (χ2v) is 3.66. The Morgan fingerprint density at radius 3 is 3.08 bits per heavy atom. The second kappa shape index (κ2) is 3.47. The van der Waals surface area contributed by atoms with Gasteiger partial charge < -0.3 is 5.11 Å². The number of nitrogens with zero attached hydrogens (tertiary/aromatic N) is 1. The van der Waals surface area contributed by atoms with E-state index in [0.717, 1.165) is 21.1 Å². The Labute approximate surface area is 83.9 Å². The molecule has 0 spiro atoms. The molecule has 3 nitrogen and oxygen atoms in total. The summed E-state index contributed by atoms with van der Waals surface area (Å²) < 4.78 is 1.02. The van der Waals surface area contributed by atoms with Gasteiger partial charge in [-0.2, -0.15) is 5.10 Å². The van der Waals surface area contributed by atoms with Crippen molar-refractivity contribution in [3.8, 4) is 0 Å². The van der Waals surface area contributed by atoms with Crippen molar-refractivity contribution >= 4 is 26.8 Å². The minimum atomic E-state index is 0.138. The van der Waals surface area contributed by atoms with Crippen molar-refractivity contribution in [1.82, 2.24) is 10.2 Å². The Bertz CT molecular complexity index is 424. The van der Waals surface area contributed by atoms with Gasteiger partial charge >= 0.3 is 0 Å². The number of hydrogen-bond donors (Lipinski definition) is 2. The van der Waals surface area contributed by atoms with Gasteiger partial charge in [0, 0.05) is 28.6 Å². The molecule has 4 heteroatoms. The fourth-order valence-corrected chi connectivity index (χ4v) is 1.98. The zero-order chi connectivity index (χ0) is 9.26. The highest BCUT2D eigenvalue weighted by molar-refractivity contribution is 9.10. The molecule has 0 fully saturated rings.